The van der Waals surface area contributed by atoms with E-state index < -0.39 is 11.4 Å². The van der Waals surface area contributed by atoms with E-state index in [0.29, 0.717) is 17.0 Å². The number of fused-ring (bicyclic) bond motifs is 1. The molecule has 23 heavy (non-hydrogen) atoms. The number of rotatable bonds is 2. The van der Waals surface area contributed by atoms with Crippen LogP contribution in [0.3, 0.4) is 0 Å². The number of imidazole rings is 1. The summed E-state index contributed by atoms with van der Waals surface area (Å²) in [6, 6.07) is 10.5. The second kappa shape index (κ2) is 5.12. The molecule has 0 aliphatic heterocycles. The fraction of sp³-hybridized carbons (Fsp3) is 0.222. The van der Waals surface area contributed by atoms with Gasteiger partial charge in [0, 0.05) is 5.56 Å². The minimum Gasteiger partial charge on any atom is -0.507 e. The normalized spacial score (nSPS) is 11.8. The van der Waals surface area contributed by atoms with Crippen LogP contribution in [0.5, 0.6) is 5.75 Å². The number of benzene rings is 2. The fourth-order valence-electron chi connectivity index (χ4n) is 2.59. The number of para-hydroxylation sites is 2. The first-order chi connectivity index (χ1) is 10.8. The van der Waals surface area contributed by atoms with Crippen molar-refractivity contribution in [3.05, 3.63) is 47.5 Å². The second-order valence-electron chi connectivity index (χ2n) is 6.58. The van der Waals surface area contributed by atoms with Crippen LogP contribution in [0.25, 0.3) is 22.4 Å². The maximum atomic E-state index is 11.4. The molecular weight excluding hydrogens is 292 g/mol. The van der Waals surface area contributed by atoms with Crippen molar-refractivity contribution in [2.45, 2.75) is 26.2 Å². The van der Waals surface area contributed by atoms with Crippen LogP contribution in [0.2, 0.25) is 0 Å². The first-order valence-corrected chi connectivity index (χ1v) is 7.33. The van der Waals surface area contributed by atoms with Crippen molar-refractivity contribution in [3.63, 3.8) is 0 Å². The van der Waals surface area contributed by atoms with Crippen LogP contribution in [0, 0.1) is 0 Å². The molecule has 0 saturated heterocycles. The van der Waals surface area contributed by atoms with E-state index in [1.165, 1.54) is 12.1 Å². The lowest BCUT2D eigenvalue weighted by Gasteiger charge is -2.22. The average molecular weight is 310 g/mol. The molecule has 0 radical (unpaired) electrons. The second-order valence-corrected chi connectivity index (χ2v) is 6.58. The third-order valence-electron chi connectivity index (χ3n) is 3.81. The number of carbonyl (C=O) groups is 1. The molecule has 0 amide bonds. The quantitative estimate of drug-likeness (QED) is 0.669. The lowest BCUT2D eigenvalue weighted by molar-refractivity contribution is 0.0696. The summed E-state index contributed by atoms with van der Waals surface area (Å²) in [6.07, 6.45) is 0. The van der Waals surface area contributed by atoms with Crippen molar-refractivity contribution in [3.8, 4) is 17.1 Å². The van der Waals surface area contributed by atoms with Crippen LogP contribution in [-0.4, -0.2) is 26.2 Å². The Balaban J connectivity index is 2.29. The van der Waals surface area contributed by atoms with Crippen LogP contribution >= 0.6 is 0 Å². The van der Waals surface area contributed by atoms with Crippen molar-refractivity contribution < 1.29 is 15.0 Å². The number of aromatic nitrogens is 2. The fourth-order valence-corrected chi connectivity index (χ4v) is 2.59. The zero-order valence-electron chi connectivity index (χ0n) is 13.2. The number of aromatic hydroxyl groups is 1. The average Bonchev–Trinajstić information content (AvgIpc) is 2.89. The number of H-pyrrole nitrogens is 1. The Kier molecular flexibility index (Phi) is 3.36. The molecule has 0 bridgehead atoms. The molecule has 3 aromatic rings. The van der Waals surface area contributed by atoms with Crippen molar-refractivity contribution in [1.29, 1.82) is 0 Å². The van der Waals surface area contributed by atoms with Crippen LogP contribution in [0.4, 0.5) is 0 Å². The number of carboxylic acids is 1. The summed E-state index contributed by atoms with van der Waals surface area (Å²) in [4.78, 5) is 19.0. The molecule has 5 heteroatoms. The van der Waals surface area contributed by atoms with Crippen LogP contribution < -0.4 is 0 Å². The molecule has 0 spiro atoms. The standard InChI is InChI=1S/C18H18N2O3/c1-18(2,3)12-9-10(17(22)23)8-11(15(12)21)16-19-13-6-4-5-7-14(13)20-16/h4-9,21H,1-3H3,(H,19,20)(H,22,23). The number of carboxylic acid groups (broad SMARTS) is 1. The van der Waals surface area contributed by atoms with Gasteiger partial charge in [-0.3, -0.25) is 0 Å². The summed E-state index contributed by atoms with van der Waals surface area (Å²) in [5.74, 6) is -0.522. The molecule has 0 aliphatic rings. The predicted molar refractivity (Wildman–Crippen MR) is 88.9 cm³/mol. The van der Waals surface area contributed by atoms with Gasteiger partial charge in [-0.2, -0.15) is 0 Å². The van der Waals surface area contributed by atoms with Gasteiger partial charge in [-0.25, -0.2) is 9.78 Å². The molecule has 1 heterocycles. The molecule has 5 nitrogen and oxygen atoms in total. The zero-order valence-corrected chi connectivity index (χ0v) is 13.2. The highest BCUT2D eigenvalue weighted by Gasteiger charge is 2.24. The molecule has 1 aromatic heterocycles. The van der Waals surface area contributed by atoms with E-state index in [-0.39, 0.29) is 11.3 Å². The van der Waals surface area contributed by atoms with Gasteiger partial charge in [-0.1, -0.05) is 32.9 Å². The van der Waals surface area contributed by atoms with E-state index in [1.54, 1.807) is 0 Å². The first kappa shape index (κ1) is 15.1. The van der Waals surface area contributed by atoms with Crippen LogP contribution in [0.1, 0.15) is 36.7 Å². The van der Waals surface area contributed by atoms with Crippen LogP contribution in [-0.2, 0) is 5.41 Å². The molecule has 0 fully saturated rings. The summed E-state index contributed by atoms with van der Waals surface area (Å²) in [5.41, 5.74) is 2.30. The number of hydrogen-bond acceptors (Lipinski definition) is 3. The molecule has 0 atom stereocenters. The highest BCUT2D eigenvalue weighted by Crippen LogP contribution is 2.39. The number of aromatic amines is 1. The smallest absolute Gasteiger partial charge is 0.335 e. The molecule has 0 saturated carbocycles. The van der Waals surface area contributed by atoms with E-state index in [2.05, 4.69) is 9.97 Å². The monoisotopic (exact) mass is 310 g/mol. The predicted octanol–water partition coefficient (Wildman–Crippen LogP) is 3.93. The summed E-state index contributed by atoms with van der Waals surface area (Å²) >= 11 is 0. The van der Waals surface area contributed by atoms with Gasteiger partial charge in [0.05, 0.1) is 22.2 Å². The summed E-state index contributed by atoms with van der Waals surface area (Å²) in [7, 11) is 0. The SMILES string of the molecule is CC(C)(C)c1cc(C(=O)O)cc(-c2nc3ccccc3[nH]2)c1O. The number of nitrogens with zero attached hydrogens (tertiary/aromatic N) is 1. The van der Waals surface area contributed by atoms with Crippen LogP contribution in [0.15, 0.2) is 36.4 Å². The third-order valence-corrected chi connectivity index (χ3v) is 3.81. The minimum atomic E-state index is -1.03. The van der Waals surface area contributed by atoms with Crippen molar-refractivity contribution >= 4 is 17.0 Å². The lowest BCUT2D eigenvalue weighted by atomic mass is 9.84. The Bertz CT molecular complexity index is 871. The number of aromatic carboxylic acids is 1. The van der Waals surface area contributed by atoms with Crippen molar-refractivity contribution in [1.82, 2.24) is 9.97 Å². The Labute approximate surface area is 133 Å². The highest BCUT2D eigenvalue weighted by atomic mass is 16.4. The van der Waals surface area contributed by atoms with Gasteiger partial charge in [-0.05, 0) is 29.7 Å². The van der Waals surface area contributed by atoms with Gasteiger partial charge >= 0.3 is 5.97 Å². The van der Waals surface area contributed by atoms with Gasteiger partial charge in [0.2, 0.25) is 0 Å². The van der Waals surface area contributed by atoms with E-state index in [0.717, 1.165) is 11.0 Å². The Morgan fingerprint density at radius 3 is 2.48 bits per heavy atom. The highest BCUT2D eigenvalue weighted by molar-refractivity contribution is 5.91. The lowest BCUT2D eigenvalue weighted by Crippen LogP contribution is -2.13. The largest absolute Gasteiger partial charge is 0.507 e. The molecular formula is C18H18N2O3. The van der Waals surface area contributed by atoms with E-state index >= 15 is 0 Å². The van der Waals surface area contributed by atoms with Gasteiger partial charge in [0.25, 0.3) is 0 Å². The Hall–Kier alpha value is -2.82. The third kappa shape index (κ3) is 2.65. The minimum absolute atomic E-state index is 0.0570. The van der Waals surface area contributed by atoms with Gasteiger partial charge < -0.3 is 15.2 Å². The molecule has 0 unspecified atom stereocenters. The molecule has 0 aliphatic carbocycles. The summed E-state index contributed by atoms with van der Waals surface area (Å²) in [6.45, 7) is 5.78. The number of phenols is 1. The Morgan fingerprint density at radius 2 is 1.87 bits per heavy atom. The van der Waals surface area contributed by atoms with E-state index in [4.69, 9.17) is 0 Å². The van der Waals surface area contributed by atoms with E-state index in [1.807, 2.05) is 45.0 Å². The first-order valence-electron chi connectivity index (χ1n) is 7.33. The zero-order chi connectivity index (χ0) is 16.8. The molecule has 118 valence electrons. The van der Waals surface area contributed by atoms with E-state index in [9.17, 15) is 15.0 Å². The number of nitrogens with one attached hydrogen (secondary N) is 1. The molecule has 3 N–H and O–H groups in total. The van der Waals surface area contributed by atoms with Gasteiger partial charge in [0.1, 0.15) is 11.6 Å². The van der Waals surface area contributed by atoms with Crippen molar-refractivity contribution in [2.75, 3.05) is 0 Å². The van der Waals surface area contributed by atoms with Crippen molar-refractivity contribution in [2.24, 2.45) is 0 Å². The maximum Gasteiger partial charge on any atom is 0.335 e. The summed E-state index contributed by atoms with van der Waals surface area (Å²) in [5, 5.41) is 20.0. The molecule has 2 aromatic carbocycles. The van der Waals surface area contributed by atoms with Gasteiger partial charge in [-0.15, -0.1) is 0 Å². The Morgan fingerprint density at radius 1 is 1.17 bits per heavy atom. The topological polar surface area (TPSA) is 86.2 Å². The summed E-state index contributed by atoms with van der Waals surface area (Å²) < 4.78 is 0. The number of hydrogen-bond donors (Lipinski definition) is 3. The molecule has 3 rings (SSSR count). The van der Waals surface area contributed by atoms with Gasteiger partial charge in [0.15, 0.2) is 0 Å². The number of phenolic OH excluding ortho intramolecular Hbond substituents is 1. The maximum absolute atomic E-state index is 11.4.